The van der Waals surface area contributed by atoms with Crippen LogP contribution >= 0.6 is 0 Å². The minimum absolute atomic E-state index is 0.416. The summed E-state index contributed by atoms with van der Waals surface area (Å²) in [6, 6.07) is 0. The van der Waals surface area contributed by atoms with Crippen molar-refractivity contribution >= 4 is 0 Å². The first-order chi connectivity index (χ1) is 8.71. The summed E-state index contributed by atoms with van der Waals surface area (Å²) in [5.41, 5.74) is -0.416. The highest BCUT2D eigenvalue weighted by Gasteiger charge is 2.47. The van der Waals surface area contributed by atoms with Crippen molar-refractivity contribution in [2.24, 2.45) is 11.8 Å². The van der Waals surface area contributed by atoms with Crippen molar-refractivity contribution in [1.82, 2.24) is 14.9 Å². The van der Waals surface area contributed by atoms with Crippen LogP contribution < -0.4 is 0 Å². The molecule has 1 aliphatic carbocycles. The van der Waals surface area contributed by atoms with Gasteiger partial charge in [-0.1, -0.05) is 13.3 Å². The summed E-state index contributed by atoms with van der Waals surface area (Å²) >= 11 is 0. The van der Waals surface area contributed by atoms with Crippen molar-refractivity contribution < 1.29 is 5.11 Å². The fourth-order valence-electron chi connectivity index (χ4n) is 3.88. The molecule has 1 aliphatic heterocycles. The van der Waals surface area contributed by atoms with E-state index in [4.69, 9.17) is 0 Å². The van der Waals surface area contributed by atoms with Crippen LogP contribution in [0.4, 0.5) is 0 Å². The standard InChI is InChI=1S/C14H23N3O/c1-2-14(18)5-3-4-11-8-17(9-12(11)14)10-13-15-6-7-16-13/h6-7,11-12,18H,2-5,8-10H2,1H3,(H,15,16)/t11-,12+,14-/m1/s1. The number of nitrogens with one attached hydrogen (secondary N) is 1. The molecule has 2 N–H and O–H groups in total. The Morgan fingerprint density at radius 3 is 3.17 bits per heavy atom. The van der Waals surface area contributed by atoms with Crippen LogP contribution in [-0.2, 0) is 6.54 Å². The van der Waals surface area contributed by atoms with Crippen LogP contribution in [-0.4, -0.2) is 38.7 Å². The van der Waals surface area contributed by atoms with E-state index in [2.05, 4.69) is 21.8 Å². The average Bonchev–Trinajstić information content (AvgIpc) is 2.99. The van der Waals surface area contributed by atoms with Crippen molar-refractivity contribution in [2.45, 2.75) is 44.8 Å². The lowest BCUT2D eigenvalue weighted by molar-refractivity contribution is -0.0613. The van der Waals surface area contributed by atoms with Gasteiger partial charge in [-0.25, -0.2) is 4.98 Å². The second-order valence-electron chi connectivity index (χ2n) is 5.95. The third-order valence-corrected chi connectivity index (χ3v) is 4.93. The lowest BCUT2D eigenvalue weighted by Crippen LogP contribution is -2.44. The molecular weight excluding hydrogens is 226 g/mol. The number of aliphatic hydroxyl groups is 1. The Kier molecular flexibility index (Phi) is 3.16. The molecule has 0 bridgehead atoms. The number of fused-ring (bicyclic) bond motifs is 1. The smallest absolute Gasteiger partial charge is 0.120 e. The highest BCUT2D eigenvalue weighted by atomic mass is 16.3. The van der Waals surface area contributed by atoms with Gasteiger partial charge in [0.15, 0.2) is 0 Å². The van der Waals surface area contributed by atoms with Crippen molar-refractivity contribution in [3.63, 3.8) is 0 Å². The minimum Gasteiger partial charge on any atom is -0.390 e. The number of aromatic nitrogens is 2. The van der Waals surface area contributed by atoms with Crippen LogP contribution in [0, 0.1) is 11.8 Å². The van der Waals surface area contributed by atoms with Crippen molar-refractivity contribution in [1.29, 1.82) is 0 Å². The first kappa shape index (κ1) is 12.2. The zero-order chi connectivity index (χ0) is 12.6. The molecule has 4 nitrogen and oxygen atoms in total. The van der Waals surface area contributed by atoms with Gasteiger partial charge in [0.25, 0.3) is 0 Å². The van der Waals surface area contributed by atoms with Gasteiger partial charge in [-0.05, 0) is 25.2 Å². The number of rotatable bonds is 3. The Hall–Kier alpha value is -0.870. The SMILES string of the molecule is CC[C@@]1(O)CCC[C@@H]2CN(Cc3ncc[nH]3)C[C@@H]21. The lowest BCUT2D eigenvalue weighted by atomic mass is 9.69. The van der Waals surface area contributed by atoms with Crippen LogP contribution in [0.2, 0.25) is 0 Å². The fraction of sp³-hybridized carbons (Fsp3) is 0.786. The highest BCUT2D eigenvalue weighted by Crippen LogP contribution is 2.44. The molecule has 0 unspecified atom stereocenters. The molecule has 100 valence electrons. The zero-order valence-electron chi connectivity index (χ0n) is 11.1. The number of hydrogen-bond acceptors (Lipinski definition) is 3. The quantitative estimate of drug-likeness (QED) is 0.858. The molecule has 0 aromatic carbocycles. The maximum absolute atomic E-state index is 10.7. The summed E-state index contributed by atoms with van der Waals surface area (Å²) in [6.07, 6.45) is 8.02. The van der Waals surface area contributed by atoms with Gasteiger partial charge in [-0.2, -0.15) is 0 Å². The van der Waals surface area contributed by atoms with Gasteiger partial charge in [0.05, 0.1) is 12.1 Å². The summed E-state index contributed by atoms with van der Waals surface area (Å²) < 4.78 is 0. The van der Waals surface area contributed by atoms with Gasteiger partial charge >= 0.3 is 0 Å². The van der Waals surface area contributed by atoms with E-state index in [1.54, 1.807) is 6.20 Å². The van der Waals surface area contributed by atoms with E-state index in [1.807, 2.05) is 6.20 Å². The first-order valence-electron chi connectivity index (χ1n) is 7.14. The molecule has 2 heterocycles. The summed E-state index contributed by atoms with van der Waals surface area (Å²) in [4.78, 5) is 9.90. The molecule has 1 saturated carbocycles. The molecule has 3 atom stereocenters. The topological polar surface area (TPSA) is 52.1 Å². The minimum atomic E-state index is -0.416. The van der Waals surface area contributed by atoms with E-state index < -0.39 is 5.60 Å². The Morgan fingerprint density at radius 1 is 1.56 bits per heavy atom. The summed E-state index contributed by atoms with van der Waals surface area (Å²) in [7, 11) is 0. The van der Waals surface area contributed by atoms with Crippen LogP contribution in [0.15, 0.2) is 12.4 Å². The number of H-pyrrole nitrogens is 1. The molecule has 2 aliphatic rings. The van der Waals surface area contributed by atoms with E-state index in [0.717, 1.165) is 38.3 Å². The first-order valence-corrected chi connectivity index (χ1v) is 7.14. The van der Waals surface area contributed by atoms with Crippen molar-refractivity contribution in [2.75, 3.05) is 13.1 Å². The second-order valence-corrected chi connectivity index (χ2v) is 5.95. The van der Waals surface area contributed by atoms with Crippen LogP contribution in [0.5, 0.6) is 0 Å². The van der Waals surface area contributed by atoms with Crippen LogP contribution in [0.1, 0.15) is 38.4 Å². The molecular formula is C14H23N3O. The summed E-state index contributed by atoms with van der Waals surface area (Å²) in [5, 5.41) is 10.7. The molecule has 4 heteroatoms. The third-order valence-electron chi connectivity index (χ3n) is 4.93. The molecule has 1 saturated heterocycles. The van der Waals surface area contributed by atoms with Gasteiger partial charge in [0.1, 0.15) is 5.82 Å². The van der Waals surface area contributed by atoms with E-state index in [1.165, 1.54) is 12.8 Å². The van der Waals surface area contributed by atoms with Gasteiger partial charge in [0.2, 0.25) is 0 Å². The monoisotopic (exact) mass is 249 g/mol. The lowest BCUT2D eigenvalue weighted by Gasteiger charge is -2.40. The molecule has 0 radical (unpaired) electrons. The number of likely N-dealkylation sites (tertiary alicyclic amines) is 1. The predicted octanol–water partition coefficient (Wildman–Crippen LogP) is 1.78. The highest BCUT2D eigenvalue weighted by molar-refractivity contribution is 5.00. The average molecular weight is 249 g/mol. The number of aromatic amines is 1. The van der Waals surface area contributed by atoms with E-state index in [9.17, 15) is 5.11 Å². The normalized spacial score (nSPS) is 36.8. The van der Waals surface area contributed by atoms with Crippen LogP contribution in [0.3, 0.4) is 0 Å². The summed E-state index contributed by atoms with van der Waals surface area (Å²) in [5.74, 6) is 2.18. The Morgan fingerprint density at radius 2 is 2.44 bits per heavy atom. The number of hydrogen-bond donors (Lipinski definition) is 2. The zero-order valence-corrected chi connectivity index (χ0v) is 11.1. The Labute approximate surface area is 108 Å². The summed E-state index contributed by atoms with van der Waals surface area (Å²) in [6.45, 7) is 5.15. The van der Waals surface area contributed by atoms with Gasteiger partial charge in [0, 0.05) is 31.4 Å². The molecule has 3 rings (SSSR count). The van der Waals surface area contributed by atoms with Crippen molar-refractivity contribution in [3.8, 4) is 0 Å². The fourth-order valence-corrected chi connectivity index (χ4v) is 3.88. The molecule has 0 spiro atoms. The maximum atomic E-state index is 10.7. The third kappa shape index (κ3) is 2.08. The molecule has 18 heavy (non-hydrogen) atoms. The Bertz CT molecular complexity index is 392. The number of nitrogens with zero attached hydrogens (tertiary/aromatic N) is 2. The predicted molar refractivity (Wildman–Crippen MR) is 69.9 cm³/mol. The molecule has 2 fully saturated rings. The van der Waals surface area contributed by atoms with E-state index in [0.29, 0.717) is 11.8 Å². The van der Waals surface area contributed by atoms with Gasteiger partial charge < -0.3 is 10.1 Å². The Balaban J connectivity index is 1.69. The maximum Gasteiger partial charge on any atom is 0.120 e. The molecule has 0 amide bonds. The largest absolute Gasteiger partial charge is 0.390 e. The van der Waals surface area contributed by atoms with Gasteiger partial charge in [-0.15, -0.1) is 0 Å². The van der Waals surface area contributed by atoms with Crippen molar-refractivity contribution in [3.05, 3.63) is 18.2 Å². The van der Waals surface area contributed by atoms with Crippen LogP contribution in [0.25, 0.3) is 0 Å². The molecule has 1 aromatic heterocycles. The molecule has 1 aromatic rings. The van der Waals surface area contributed by atoms with E-state index >= 15 is 0 Å². The van der Waals surface area contributed by atoms with E-state index in [-0.39, 0.29) is 0 Å². The second kappa shape index (κ2) is 4.67. The van der Waals surface area contributed by atoms with Gasteiger partial charge in [-0.3, -0.25) is 4.90 Å². The number of imidazole rings is 1.